The van der Waals surface area contributed by atoms with Crippen LogP contribution in [0.3, 0.4) is 0 Å². The number of fused-ring (bicyclic) bond motifs is 1. The highest BCUT2D eigenvalue weighted by Gasteiger charge is 2.39. The van der Waals surface area contributed by atoms with Crippen LogP contribution < -0.4 is 5.32 Å². The highest BCUT2D eigenvalue weighted by atomic mass is 35.5. The second-order valence-corrected chi connectivity index (χ2v) is 5.36. The molecule has 3 atom stereocenters. The van der Waals surface area contributed by atoms with Gasteiger partial charge in [0, 0.05) is 19.6 Å². The van der Waals surface area contributed by atoms with E-state index in [2.05, 4.69) is 5.32 Å². The van der Waals surface area contributed by atoms with E-state index in [9.17, 15) is 4.79 Å². The van der Waals surface area contributed by atoms with Crippen LogP contribution in [-0.4, -0.2) is 61.9 Å². The molecule has 0 spiro atoms. The molecule has 1 amide bonds. The lowest BCUT2D eigenvalue weighted by molar-refractivity contribution is -0.162. The van der Waals surface area contributed by atoms with E-state index in [1.54, 1.807) is 0 Å². The standard InChI is InChI=1S/C13H22N2O3.ClH/c16-13(12-9-14-5-7-17-12)15-6-8-18-11-4-2-1-3-10(11)15;/h10-12,14H,1-9H2;1H. The number of hydrogen-bond donors (Lipinski definition) is 1. The Labute approximate surface area is 120 Å². The van der Waals surface area contributed by atoms with Gasteiger partial charge in [-0.25, -0.2) is 0 Å². The largest absolute Gasteiger partial charge is 0.374 e. The van der Waals surface area contributed by atoms with Gasteiger partial charge in [-0.3, -0.25) is 4.79 Å². The van der Waals surface area contributed by atoms with Crippen molar-refractivity contribution in [3.63, 3.8) is 0 Å². The van der Waals surface area contributed by atoms with E-state index in [0.29, 0.717) is 19.8 Å². The first-order valence-corrected chi connectivity index (χ1v) is 7.10. The van der Waals surface area contributed by atoms with Crippen molar-refractivity contribution in [1.82, 2.24) is 10.2 Å². The number of rotatable bonds is 1. The molecule has 1 aliphatic carbocycles. The number of ether oxygens (including phenoxy) is 2. The Morgan fingerprint density at radius 3 is 2.79 bits per heavy atom. The van der Waals surface area contributed by atoms with Crippen LogP contribution in [0.15, 0.2) is 0 Å². The fraction of sp³-hybridized carbons (Fsp3) is 0.923. The third kappa shape index (κ3) is 3.21. The third-order valence-electron chi connectivity index (χ3n) is 4.22. The van der Waals surface area contributed by atoms with Crippen molar-refractivity contribution >= 4 is 18.3 Å². The fourth-order valence-electron chi connectivity index (χ4n) is 3.28. The number of halogens is 1. The first-order chi connectivity index (χ1) is 8.86. The Morgan fingerprint density at radius 2 is 2.00 bits per heavy atom. The normalized spacial score (nSPS) is 35.2. The number of carbonyl (C=O) groups excluding carboxylic acids is 1. The second kappa shape index (κ2) is 6.88. The minimum atomic E-state index is -0.292. The van der Waals surface area contributed by atoms with Crippen molar-refractivity contribution in [2.24, 2.45) is 0 Å². The van der Waals surface area contributed by atoms with Gasteiger partial charge in [-0.15, -0.1) is 12.4 Å². The maximum atomic E-state index is 12.5. The fourth-order valence-corrected chi connectivity index (χ4v) is 3.28. The highest BCUT2D eigenvalue weighted by molar-refractivity contribution is 5.85. The predicted molar refractivity (Wildman–Crippen MR) is 73.6 cm³/mol. The molecular weight excluding hydrogens is 268 g/mol. The van der Waals surface area contributed by atoms with Crippen molar-refractivity contribution in [1.29, 1.82) is 0 Å². The molecule has 0 aromatic heterocycles. The number of morpholine rings is 2. The molecule has 3 rings (SSSR count). The van der Waals surface area contributed by atoms with Gasteiger partial charge in [-0.1, -0.05) is 12.8 Å². The van der Waals surface area contributed by atoms with Crippen LogP contribution in [0.1, 0.15) is 25.7 Å². The van der Waals surface area contributed by atoms with Crippen molar-refractivity contribution < 1.29 is 14.3 Å². The summed E-state index contributed by atoms with van der Waals surface area (Å²) >= 11 is 0. The second-order valence-electron chi connectivity index (χ2n) is 5.36. The van der Waals surface area contributed by atoms with Crippen LogP contribution in [0.5, 0.6) is 0 Å². The molecular formula is C13H23ClN2O3. The minimum absolute atomic E-state index is 0. The van der Waals surface area contributed by atoms with Crippen LogP contribution in [0.2, 0.25) is 0 Å². The van der Waals surface area contributed by atoms with E-state index in [1.807, 2.05) is 4.90 Å². The summed E-state index contributed by atoms with van der Waals surface area (Å²) < 4.78 is 11.4. The van der Waals surface area contributed by atoms with Crippen LogP contribution in [-0.2, 0) is 14.3 Å². The van der Waals surface area contributed by atoms with Crippen molar-refractivity contribution in [3.8, 4) is 0 Å². The molecule has 2 saturated heterocycles. The van der Waals surface area contributed by atoms with Crippen LogP contribution in [0.25, 0.3) is 0 Å². The first-order valence-electron chi connectivity index (χ1n) is 7.10. The number of amides is 1. The summed E-state index contributed by atoms with van der Waals surface area (Å²) in [5.41, 5.74) is 0. The van der Waals surface area contributed by atoms with Gasteiger partial charge in [-0.2, -0.15) is 0 Å². The van der Waals surface area contributed by atoms with Gasteiger partial charge in [0.05, 0.1) is 25.4 Å². The summed E-state index contributed by atoms with van der Waals surface area (Å²) in [5, 5.41) is 3.22. The van der Waals surface area contributed by atoms with Gasteiger partial charge in [-0.05, 0) is 12.8 Å². The van der Waals surface area contributed by atoms with Crippen LogP contribution in [0, 0.1) is 0 Å². The smallest absolute Gasteiger partial charge is 0.253 e. The number of carbonyl (C=O) groups is 1. The van der Waals surface area contributed by atoms with Gasteiger partial charge in [0.15, 0.2) is 0 Å². The Morgan fingerprint density at radius 1 is 1.16 bits per heavy atom. The minimum Gasteiger partial charge on any atom is -0.374 e. The van der Waals surface area contributed by atoms with Gasteiger partial charge in [0.1, 0.15) is 6.10 Å². The van der Waals surface area contributed by atoms with E-state index in [1.165, 1.54) is 12.8 Å². The summed E-state index contributed by atoms with van der Waals surface area (Å²) in [7, 11) is 0. The van der Waals surface area contributed by atoms with E-state index in [4.69, 9.17) is 9.47 Å². The molecule has 3 aliphatic rings. The van der Waals surface area contributed by atoms with E-state index < -0.39 is 0 Å². The van der Waals surface area contributed by atoms with E-state index in [0.717, 1.165) is 25.9 Å². The zero-order valence-electron chi connectivity index (χ0n) is 11.2. The quantitative estimate of drug-likeness (QED) is 0.767. The van der Waals surface area contributed by atoms with Gasteiger partial charge in [0.2, 0.25) is 0 Å². The molecule has 19 heavy (non-hydrogen) atoms. The monoisotopic (exact) mass is 290 g/mol. The summed E-state index contributed by atoms with van der Waals surface area (Å²) in [6, 6.07) is 0.283. The molecule has 0 radical (unpaired) electrons. The summed E-state index contributed by atoms with van der Waals surface area (Å²) in [6.07, 6.45) is 4.57. The maximum Gasteiger partial charge on any atom is 0.253 e. The molecule has 0 bridgehead atoms. The summed E-state index contributed by atoms with van der Waals surface area (Å²) in [6.45, 7) is 3.52. The predicted octanol–water partition coefficient (Wildman–Crippen LogP) is 0.567. The Balaban J connectivity index is 0.00000133. The zero-order valence-corrected chi connectivity index (χ0v) is 12.0. The Bertz CT molecular complexity index is 308. The highest BCUT2D eigenvalue weighted by Crippen LogP contribution is 2.29. The molecule has 1 N–H and O–H groups in total. The van der Waals surface area contributed by atoms with Gasteiger partial charge < -0.3 is 19.7 Å². The lowest BCUT2D eigenvalue weighted by Crippen LogP contribution is -2.59. The zero-order chi connectivity index (χ0) is 12.4. The Kier molecular flexibility index (Phi) is 5.45. The molecule has 110 valence electrons. The summed E-state index contributed by atoms with van der Waals surface area (Å²) in [4.78, 5) is 14.5. The molecule has 0 aromatic carbocycles. The molecule has 2 aliphatic heterocycles. The Hall–Kier alpha value is -0.360. The van der Waals surface area contributed by atoms with E-state index in [-0.39, 0.29) is 36.6 Å². The number of nitrogens with one attached hydrogen (secondary N) is 1. The molecule has 1 saturated carbocycles. The number of hydrogen-bond acceptors (Lipinski definition) is 4. The van der Waals surface area contributed by atoms with Crippen LogP contribution in [0.4, 0.5) is 0 Å². The van der Waals surface area contributed by atoms with E-state index >= 15 is 0 Å². The lowest BCUT2D eigenvalue weighted by atomic mass is 9.90. The molecule has 2 heterocycles. The SMILES string of the molecule is Cl.O=C(C1CNCCO1)N1CCOC2CCCCC21. The molecule has 0 aromatic rings. The van der Waals surface area contributed by atoms with Crippen LogP contribution >= 0.6 is 12.4 Å². The number of nitrogens with zero attached hydrogens (tertiary/aromatic N) is 1. The molecule has 3 unspecified atom stereocenters. The van der Waals surface area contributed by atoms with Gasteiger partial charge in [0.25, 0.3) is 5.91 Å². The lowest BCUT2D eigenvalue weighted by Gasteiger charge is -2.45. The topological polar surface area (TPSA) is 50.8 Å². The van der Waals surface area contributed by atoms with Crippen molar-refractivity contribution in [3.05, 3.63) is 0 Å². The average molecular weight is 291 g/mol. The third-order valence-corrected chi connectivity index (χ3v) is 4.22. The molecule has 3 fully saturated rings. The average Bonchev–Trinajstić information content (AvgIpc) is 2.47. The first kappa shape index (κ1) is 15.0. The maximum absolute atomic E-state index is 12.5. The molecule has 5 nitrogen and oxygen atoms in total. The molecule has 6 heteroatoms. The van der Waals surface area contributed by atoms with Crippen molar-refractivity contribution in [2.45, 2.75) is 43.9 Å². The van der Waals surface area contributed by atoms with Gasteiger partial charge >= 0.3 is 0 Å². The summed E-state index contributed by atoms with van der Waals surface area (Å²) in [5.74, 6) is 0.155. The van der Waals surface area contributed by atoms with Crippen molar-refractivity contribution in [2.75, 3.05) is 32.8 Å².